The fourth-order valence-electron chi connectivity index (χ4n) is 3.33. The summed E-state index contributed by atoms with van der Waals surface area (Å²) in [6.45, 7) is 5.14. The molecule has 0 radical (unpaired) electrons. The summed E-state index contributed by atoms with van der Waals surface area (Å²) >= 11 is 0. The van der Waals surface area contributed by atoms with Crippen molar-refractivity contribution in [3.63, 3.8) is 0 Å². The van der Waals surface area contributed by atoms with Gasteiger partial charge in [0.25, 0.3) is 23.6 Å². The van der Waals surface area contributed by atoms with Gasteiger partial charge in [0.15, 0.2) is 0 Å². The molecule has 1 aromatic carbocycles. The number of nitrogens with zero attached hydrogens (tertiary/aromatic N) is 3. The van der Waals surface area contributed by atoms with Crippen molar-refractivity contribution in [2.24, 2.45) is 22.1 Å². The van der Waals surface area contributed by atoms with Gasteiger partial charge in [-0.3, -0.25) is 19.2 Å². The summed E-state index contributed by atoms with van der Waals surface area (Å²) in [4.78, 5) is 64.5. The van der Waals surface area contributed by atoms with E-state index in [2.05, 4.69) is 10.2 Å². The second-order valence-corrected chi connectivity index (χ2v) is 7.61. The maximum Gasteiger partial charge on any atom is 0.335 e. The monoisotopic (exact) mass is 399 g/mol. The third kappa shape index (κ3) is 4.13. The van der Waals surface area contributed by atoms with Crippen molar-refractivity contribution in [3.8, 4) is 0 Å². The molecular weight excluding hydrogens is 378 g/mol. The average Bonchev–Trinajstić information content (AvgIpc) is 3.14. The summed E-state index contributed by atoms with van der Waals surface area (Å²) < 4.78 is 0. The van der Waals surface area contributed by atoms with Crippen molar-refractivity contribution in [2.75, 3.05) is 0 Å². The highest BCUT2D eigenvalue weighted by Crippen LogP contribution is 2.32. The molecular formula is C20H21N3O6. The molecule has 1 fully saturated rings. The second kappa shape index (κ2) is 8.02. The third-order valence-corrected chi connectivity index (χ3v) is 5.07. The molecule has 0 bridgehead atoms. The van der Waals surface area contributed by atoms with Crippen LogP contribution in [0.5, 0.6) is 0 Å². The van der Waals surface area contributed by atoms with Gasteiger partial charge in [0.05, 0.1) is 11.8 Å². The Balaban J connectivity index is 1.64. The van der Waals surface area contributed by atoms with E-state index in [1.54, 1.807) is 38.1 Å². The van der Waals surface area contributed by atoms with E-state index in [1.807, 2.05) is 6.92 Å². The first kappa shape index (κ1) is 20.5. The smallest absolute Gasteiger partial charge is 0.330 e. The fraction of sp³-hybridized carbons (Fsp3) is 0.450. The van der Waals surface area contributed by atoms with Crippen LogP contribution in [0.25, 0.3) is 0 Å². The van der Waals surface area contributed by atoms with Crippen molar-refractivity contribution < 1.29 is 28.8 Å². The standard InChI is InChI=1S/C20H21N3O6/c1-10(2)20(28)29-23-15(24)9-14(19(23)27)8-11(3)12-4-6-13(7-5-12)16-17(25)21-22-18(16)26/h4-7,10-11,14,16H,8-9H2,1-3H3. The molecule has 2 unspecified atom stereocenters. The molecule has 2 atom stereocenters. The van der Waals surface area contributed by atoms with Gasteiger partial charge in [-0.05, 0) is 23.5 Å². The lowest BCUT2D eigenvalue weighted by atomic mass is 9.88. The van der Waals surface area contributed by atoms with Crippen molar-refractivity contribution >= 4 is 29.6 Å². The normalized spacial score (nSPS) is 20.8. The molecule has 2 aliphatic heterocycles. The van der Waals surface area contributed by atoms with Gasteiger partial charge < -0.3 is 4.84 Å². The van der Waals surface area contributed by atoms with Crippen LogP contribution >= 0.6 is 0 Å². The lowest BCUT2D eigenvalue weighted by Crippen LogP contribution is -2.35. The van der Waals surface area contributed by atoms with Gasteiger partial charge in [0.1, 0.15) is 5.92 Å². The van der Waals surface area contributed by atoms with Crippen LogP contribution in [0.1, 0.15) is 56.6 Å². The van der Waals surface area contributed by atoms with Gasteiger partial charge in [0, 0.05) is 6.42 Å². The molecule has 9 nitrogen and oxygen atoms in total. The van der Waals surface area contributed by atoms with Gasteiger partial charge in [0.2, 0.25) is 0 Å². The molecule has 0 aromatic heterocycles. The van der Waals surface area contributed by atoms with Crippen molar-refractivity contribution in [1.29, 1.82) is 0 Å². The minimum Gasteiger partial charge on any atom is -0.330 e. The number of carbonyl (C=O) groups excluding carboxylic acids is 5. The van der Waals surface area contributed by atoms with E-state index < -0.39 is 47.4 Å². The molecule has 29 heavy (non-hydrogen) atoms. The lowest BCUT2D eigenvalue weighted by Gasteiger charge is -2.17. The topological polar surface area (TPSA) is 123 Å². The van der Waals surface area contributed by atoms with Gasteiger partial charge in [-0.1, -0.05) is 45.0 Å². The Labute approximate surface area is 167 Å². The van der Waals surface area contributed by atoms with E-state index in [0.717, 1.165) is 5.56 Å². The molecule has 1 saturated heterocycles. The number of hydrogen-bond donors (Lipinski definition) is 0. The Kier molecular flexibility index (Phi) is 5.67. The third-order valence-electron chi connectivity index (χ3n) is 5.07. The molecule has 0 spiro atoms. The molecule has 3 rings (SSSR count). The summed E-state index contributed by atoms with van der Waals surface area (Å²) in [6, 6.07) is 6.88. The Bertz CT molecular complexity index is 887. The Morgan fingerprint density at radius 1 is 1.07 bits per heavy atom. The van der Waals surface area contributed by atoms with Crippen molar-refractivity contribution in [2.45, 2.75) is 45.4 Å². The van der Waals surface area contributed by atoms with Gasteiger partial charge in [-0.25, -0.2) is 4.79 Å². The summed E-state index contributed by atoms with van der Waals surface area (Å²) in [5.74, 6) is -4.93. The predicted molar refractivity (Wildman–Crippen MR) is 98.0 cm³/mol. The molecule has 2 heterocycles. The van der Waals surface area contributed by atoms with E-state index in [-0.39, 0.29) is 12.3 Å². The Morgan fingerprint density at radius 3 is 2.21 bits per heavy atom. The summed E-state index contributed by atoms with van der Waals surface area (Å²) in [5, 5.41) is 7.14. The number of amides is 4. The second-order valence-electron chi connectivity index (χ2n) is 7.61. The number of benzene rings is 1. The molecule has 0 aliphatic carbocycles. The fourth-order valence-corrected chi connectivity index (χ4v) is 3.33. The van der Waals surface area contributed by atoms with Gasteiger partial charge in [-0.2, -0.15) is 0 Å². The van der Waals surface area contributed by atoms with Crippen LogP contribution in [0.3, 0.4) is 0 Å². The maximum atomic E-state index is 12.5. The van der Waals surface area contributed by atoms with Crippen LogP contribution in [-0.4, -0.2) is 34.7 Å². The zero-order valence-electron chi connectivity index (χ0n) is 16.3. The number of carbonyl (C=O) groups is 5. The Morgan fingerprint density at radius 2 is 1.66 bits per heavy atom. The van der Waals surface area contributed by atoms with Crippen molar-refractivity contribution in [1.82, 2.24) is 5.06 Å². The number of azo groups is 1. The Hall–Kier alpha value is -3.23. The van der Waals surface area contributed by atoms with Crippen LogP contribution in [0.15, 0.2) is 34.5 Å². The summed E-state index contributed by atoms with van der Waals surface area (Å²) in [6.07, 6.45) is 0.381. The van der Waals surface area contributed by atoms with Gasteiger partial charge >= 0.3 is 5.97 Å². The minimum absolute atomic E-state index is 0.0132. The first-order valence-electron chi connectivity index (χ1n) is 9.37. The quantitative estimate of drug-likeness (QED) is 0.534. The highest BCUT2D eigenvalue weighted by atomic mass is 16.7. The molecule has 0 saturated carbocycles. The van der Waals surface area contributed by atoms with Crippen LogP contribution < -0.4 is 0 Å². The number of hydroxylamine groups is 2. The molecule has 4 amide bonds. The van der Waals surface area contributed by atoms with Crippen molar-refractivity contribution in [3.05, 3.63) is 35.4 Å². The molecule has 0 N–H and O–H groups in total. The molecule has 1 aromatic rings. The largest absolute Gasteiger partial charge is 0.335 e. The highest BCUT2D eigenvalue weighted by Gasteiger charge is 2.42. The van der Waals surface area contributed by atoms with E-state index >= 15 is 0 Å². The zero-order valence-corrected chi connectivity index (χ0v) is 16.3. The molecule has 9 heteroatoms. The van der Waals surface area contributed by atoms with Crippen LogP contribution in [0.4, 0.5) is 0 Å². The first-order valence-corrected chi connectivity index (χ1v) is 9.37. The lowest BCUT2D eigenvalue weighted by molar-refractivity contribution is -0.200. The van der Waals surface area contributed by atoms with E-state index in [1.165, 1.54) is 0 Å². The molecule has 152 valence electrons. The summed E-state index contributed by atoms with van der Waals surface area (Å²) in [5.41, 5.74) is 1.40. The average molecular weight is 399 g/mol. The zero-order chi connectivity index (χ0) is 21.3. The predicted octanol–water partition coefficient (Wildman–Crippen LogP) is 2.27. The van der Waals surface area contributed by atoms with E-state index in [9.17, 15) is 24.0 Å². The number of rotatable bonds is 6. The van der Waals surface area contributed by atoms with Crippen LogP contribution in [0.2, 0.25) is 0 Å². The first-order chi connectivity index (χ1) is 13.7. The van der Waals surface area contributed by atoms with Crippen LogP contribution in [-0.2, 0) is 28.8 Å². The van der Waals surface area contributed by atoms with Gasteiger partial charge in [-0.15, -0.1) is 15.3 Å². The number of imide groups is 1. The molecule has 2 aliphatic rings. The van der Waals surface area contributed by atoms with E-state index in [0.29, 0.717) is 17.0 Å². The highest BCUT2D eigenvalue weighted by molar-refractivity contribution is 6.09. The number of hydrogen-bond acceptors (Lipinski definition) is 6. The minimum atomic E-state index is -0.988. The van der Waals surface area contributed by atoms with Crippen LogP contribution in [0, 0.1) is 11.8 Å². The summed E-state index contributed by atoms with van der Waals surface area (Å²) in [7, 11) is 0. The SMILES string of the molecule is CC(C)C(=O)ON1C(=O)CC(CC(C)c2ccc(C3C(=O)N=NC3=O)cc2)C1=O. The maximum absolute atomic E-state index is 12.5. The van der Waals surface area contributed by atoms with E-state index in [4.69, 9.17) is 4.84 Å².